The molecule has 1 unspecified atom stereocenters. The average Bonchev–Trinajstić information content (AvgIpc) is 2.51. The van der Waals surface area contributed by atoms with Gasteiger partial charge in [-0.15, -0.1) is 0 Å². The highest BCUT2D eigenvalue weighted by atomic mass is 16.5. The molecule has 0 saturated carbocycles. The number of nitrogens with one attached hydrogen (secondary N) is 1. The van der Waals surface area contributed by atoms with Crippen molar-refractivity contribution in [3.05, 3.63) is 47.0 Å². The van der Waals surface area contributed by atoms with Gasteiger partial charge in [-0.05, 0) is 62.6 Å². The van der Waals surface area contributed by atoms with Crippen molar-refractivity contribution in [1.29, 1.82) is 0 Å². The largest absolute Gasteiger partial charge is 0.383 e. The number of hydrogen-bond acceptors (Lipinski definition) is 2. The van der Waals surface area contributed by atoms with Crippen LogP contribution in [0.3, 0.4) is 0 Å². The predicted octanol–water partition coefficient (Wildman–Crippen LogP) is 4.07. The Morgan fingerprint density at radius 1 is 1.33 bits per heavy atom. The van der Waals surface area contributed by atoms with Gasteiger partial charge in [-0.3, -0.25) is 0 Å². The van der Waals surface area contributed by atoms with Gasteiger partial charge in [0.15, 0.2) is 0 Å². The third-order valence-corrected chi connectivity index (χ3v) is 4.36. The van der Waals surface area contributed by atoms with Gasteiger partial charge in [-0.2, -0.15) is 0 Å². The summed E-state index contributed by atoms with van der Waals surface area (Å²) >= 11 is 0. The summed E-state index contributed by atoms with van der Waals surface area (Å²) in [5.74, 6) is 0.729. The van der Waals surface area contributed by atoms with Gasteiger partial charge in [0.05, 0.1) is 6.61 Å². The molecular weight excluding hydrogens is 258 g/mol. The van der Waals surface area contributed by atoms with Crippen molar-refractivity contribution < 1.29 is 4.74 Å². The molecule has 0 saturated heterocycles. The maximum absolute atomic E-state index is 5.03. The van der Waals surface area contributed by atoms with Crippen LogP contribution in [0.25, 0.3) is 0 Å². The summed E-state index contributed by atoms with van der Waals surface area (Å²) in [5.41, 5.74) is 4.70. The number of fused-ring (bicyclic) bond motifs is 1. The first-order valence-corrected chi connectivity index (χ1v) is 8.24. The minimum absolute atomic E-state index is 0.729. The lowest BCUT2D eigenvalue weighted by Crippen LogP contribution is -2.19. The van der Waals surface area contributed by atoms with Gasteiger partial charge < -0.3 is 10.1 Å². The zero-order valence-electron chi connectivity index (χ0n) is 13.5. The molecule has 0 amide bonds. The highest BCUT2D eigenvalue weighted by Gasteiger charge is 2.19. The summed E-state index contributed by atoms with van der Waals surface area (Å²) in [7, 11) is 1.74. The summed E-state index contributed by atoms with van der Waals surface area (Å²) in [6.07, 6.45) is 8.68. The molecule has 1 N–H and O–H groups in total. The fraction of sp³-hybridized carbons (Fsp3) is 0.579. The van der Waals surface area contributed by atoms with E-state index in [0.717, 1.165) is 32.0 Å². The molecule has 0 radical (unpaired) electrons. The molecule has 1 aromatic rings. The van der Waals surface area contributed by atoms with Crippen molar-refractivity contribution >= 4 is 0 Å². The zero-order chi connectivity index (χ0) is 14.9. The topological polar surface area (TPSA) is 21.3 Å². The van der Waals surface area contributed by atoms with E-state index in [9.17, 15) is 0 Å². The van der Waals surface area contributed by atoms with Crippen molar-refractivity contribution in [2.75, 3.05) is 26.8 Å². The number of allylic oxidation sites excluding steroid dienone is 1. The van der Waals surface area contributed by atoms with Crippen LogP contribution in [0, 0.1) is 0 Å². The Morgan fingerprint density at radius 2 is 2.19 bits per heavy atom. The summed E-state index contributed by atoms with van der Waals surface area (Å²) in [5, 5.41) is 3.39. The lowest BCUT2D eigenvalue weighted by atomic mass is 9.79. The molecule has 0 spiro atoms. The van der Waals surface area contributed by atoms with Gasteiger partial charge >= 0.3 is 0 Å². The van der Waals surface area contributed by atoms with Crippen molar-refractivity contribution in [3.8, 4) is 0 Å². The average molecular weight is 287 g/mol. The fourth-order valence-electron chi connectivity index (χ4n) is 3.26. The highest BCUT2D eigenvalue weighted by Crippen LogP contribution is 2.35. The normalized spacial score (nSPS) is 18.6. The number of ether oxygens (including phenoxy) is 1. The highest BCUT2D eigenvalue weighted by molar-refractivity contribution is 5.33. The molecule has 0 fully saturated rings. The number of aryl methyl sites for hydroxylation is 1. The van der Waals surface area contributed by atoms with Crippen molar-refractivity contribution in [1.82, 2.24) is 5.32 Å². The molecule has 2 rings (SSSR count). The second kappa shape index (κ2) is 9.01. The zero-order valence-corrected chi connectivity index (χ0v) is 13.5. The summed E-state index contributed by atoms with van der Waals surface area (Å²) in [6, 6.07) is 9.00. The molecular formula is C19H29NO. The monoisotopic (exact) mass is 287 g/mol. The molecule has 116 valence electrons. The SMILES string of the molecule is COCCNCCC=C(C)CC1CCCc2ccccc21. The Morgan fingerprint density at radius 3 is 3.05 bits per heavy atom. The molecule has 0 heterocycles. The fourth-order valence-corrected chi connectivity index (χ4v) is 3.26. The van der Waals surface area contributed by atoms with Crippen LogP contribution in [0.5, 0.6) is 0 Å². The Balaban J connectivity index is 1.79. The summed E-state index contributed by atoms with van der Waals surface area (Å²) in [6.45, 7) is 5.06. The Kier molecular flexibility index (Phi) is 6.98. The van der Waals surface area contributed by atoms with Crippen LogP contribution in [-0.2, 0) is 11.2 Å². The first kappa shape index (κ1) is 16.3. The quantitative estimate of drug-likeness (QED) is 0.575. The molecule has 2 nitrogen and oxygen atoms in total. The van der Waals surface area contributed by atoms with E-state index in [1.54, 1.807) is 18.2 Å². The third kappa shape index (κ3) is 5.29. The van der Waals surface area contributed by atoms with E-state index in [0.29, 0.717) is 0 Å². The smallest absolute Gasteiger partial charge is 0.0587 e. The van der Waals surface area contributed by atoms with Gasteiger partial charge in [-0.25, -0.2) is 0 Å². The molecule has 1 aliphatic rings. The predicted molar refractivity (Wildman–Crippen MR) is 89.9 cm³/mol. The van der Waals surface area contributed by atoms with E-state index in [1.807, 2.05) is 0 Å². The van der Waals surface area contributed by atoms with E-state index < -0.39 is 0 Å². The Hall–Kier alpha value is -1.12. The Labute approximate surface area is 129 Å². The first-order chi connectivity index (χ1) is 10.3. The van der Waals surface area contributed by atoms with Crippen LogP contribution in [0.15, 0.2) is 35.9 Å². The third-order valence-electron chi connectivity index (χ3n) is 4.36. The van der Waals surface area contributed by atoms with E-state index in [4.69, 9.17) is 4.74 Å². The van der Waals surface area contributed by atoms with Crippen molar-refractivity contribution in [2.24, 2.45) is 0 Å². The molecule has 0 aromatic heterocycles. The molecule has 1 atom stereocenters. The van der Waals surface area contributed by atoms with Gasteiger partial charge in [0.25, 0.3) is 0 Å². The minimum atomic E-state index is 0.729. The molecule has 0 aliphatic heterocycles. The number of methoxy groups -OCH3 is 1. The van der Waals surface area contributed by atoms with E-state index in [1.165, 1.54) is 31.3 Å². The van der Waals surface area contributed by atoms with E-state index in [-0.39, 0.29) is 0 Å². The van der Waals surface area contributed by atoms with Crippen LogP contribution in [0.2, 0.25) is 0 Å². The second-order valence-corrected chi connectivity index (χ2v) is 6.07. The standard InChI is InChI=1S/C19H29NO/c1-16(7-6-12-20-13-14-21-2)15-18-10-5-9-17-8-3-4-11-19(17)18/h3-4,7-8,11,18,20H,5-6,9-10,12-15H2,1-2H3. The van der Waals surface area contributed by atoms with Gasteiger partial charge in [0.2, 0.25) is 0 Å². The first-order valence-electron chi connectivity index (χ1n) is 8.24. The number of benzene rings is 1. The molecule has 1 aromatic carbocycles. The number of hydrogen-bond donors (Lipinski definition) is 1. The summed E-state index contributed by atoms with van der Waals surface area (Å²) in [4.78, 5) is 0. The second-order valence-electron chi connectivity index (χ2n) is 6.07. The van der Waals surface area contributed by atoms with Gasteiger partial charge in [0.1, 0.15) is 0 Å². The molecule has 2 heteroatoms. The van der Waals surface area contributed by atoms with Crippen LogP contribution in [0.4, 0.5) is 0 Å². The number of rotatable bonds is 8. The van der Waals surface area contributed by atoms with E-state index in [2.05, 4.69) is 42.6 Å². The van der Waals surface area contributed by atoms with Crippen LogP contribution >= 0.6 is 0 Å². The Bertz CT molecular complexity index is 453. The van der Waals surface area contributed by atoms with Gasteiger partial charge in [0, 0.05) is 13.7 Å². The van der Waals surface area contributed by atoms with Crippen LogP contribution in [-0.4, -0.2) is 26.8 Å². The lowest BCUT2D eigenvalue weighted by Gasteiger charge is -2.25. The maximum atomic E-state index is 5.03. The molecule has 21 heavy (non-hydrogen) atoms. The molecule has 1 aliphatic carbocycles. The maximum Gasteiger partial charge on any atom is 0.0587 e. The van der Waals surface area contributed by atoms with Crippen LogP contribution < -0.4 is 5.32 Å². The van der Waals surface area contributed by atoms with E-state index >= 15 is 0 Å². The minimum Gasteiger partial charge on any atom is -0.383 e. The van der Waals surface area contributed by atoms with Gasteiger partial charge in [-0.1, -0.05) is 35.9 Å². The lowest BCUT2D eigenvalue weighted by molar-refractivity contribution is 0.199. The molecule has 0 bridgehead atoms. The van der Waals surface area contributed by atoms with Crippen molar-refractivity contribution in [2.45, 2.75) is 44.9 Å². The van der Waals surface area contributed by atoms with Crippen molar-refractivity contribution in [3.63, 3.8) is 0 Å². The van der Waals surface area contributed by atoms with Crippen LogP contribution in [0.1, 0.15) is 49.7 Å². The summed E-state index contributed by atoms with van der Waals surface area (Å²) < 4.78 is 5.03.